The van der Waals surface area contributed by atoms with Crippen molar-refractivity contribution in [1.82, 2.24) is 0 Å². The predicted molar refractivity (Wildman–Crippen MR) is 108 cm³/mol. The molecule has 2 aromatic rings. The normalized spacial score (nSPS) is 11.0. The van der Waals surface area contributed by atoms with E-state index in [-0.39, 0.29) is 21.2 Å². The van der Waals surface area contributed by atoms with E-state index in [0.29, 0.717) is 5.75 Å². The molecule has 0 unspecified atom stereocenters. The molecule has 0 bridgehead atoms. The Kier molecular flexibility index (Phi) is 7.34. The summed E-state index contributed by atoms with van der Waals surface area (Å²) in [6.07, 6.45) is 2.93. The van der Waals surface area contributed by atoms with Gasteiger partial charge in [-0.2, -0.15) is 0 Å². The van der Waals surface area contributed by atoms with Crippen LogP contribution in [0.25, 0.3) is 0 Å². The lowest BCUT2D eigenvalue weighted by Gasteiger charge is -2.11. The first-order valence-electron chi connectivity index (χ1n) is 7.84. The third-order valence-electron chi connectivity index (χ3n) is 3.60. The van der Waals surface area contributed by atoms with Gasteiger partial charge in [-0.15, -0.1) is 11.8 Å². The number of carbonyl (C=O) groups is 2. The van der Waals surface area contributed by atoms with Crippen LogP contribution in [0.2, 0.25) is 5.02 Å². The maximum atomic E-state index is 12.2. The lowest BCUT2D eigenvalue weighted by molar-refractivity contribution is -0.119. The number of hydrogen-bond acceptors (Lipinski definition) is 7. The molecule has 2 rings (SSSR count). The van der Waals surface area contributed by atoms with Crippen LogP contribution in [0.5, 0.6) is 5.75 Å². The number of sulfone groups is 1. The number of methoxy groups -OCH3 is 1. The van der Waals surface area contributed by atoms with Crippen LogP contribution in [0.4, 0.5) is 5.69 Å². The second-order valence-electron chi connectivity index (χ2n) is 5.60. The number of amides is 1. The Bertz CT molecular complexity index is 1010. The number of hydrogen-bond donors (Lipinski definition) is 1. The molecule has 1 N–H and O–H groups in total. The van der Waals surface area contributed by atoms with Crippen molar-refractivity contribution in [1.29, 1.82) is 0 Å². The molecule has 0 heterocycles. The van der Waals surface area contributed by atoms with Gasteiger partial charge in [-0.25, -0.2) is 13.2 Å². The Labute approximate surface area is 172 Å². The van der Waals surface area contributed by atoms with Gasteiger partial charge >= 0.3 is 5.97 Å². The minimum Gasteiger partial charge on any atom is -0.496 e. The zero-order valence-corrected chi connectivity index (χ0v) is 17.7. The van der Waals surface area contributed by atoms with Gasteiger partial charge in [-0.3, -0.25) is 4.79 Å². The molecule has 0 spiro atoms. The largest absolute Gasteiger partial charge is 0.496 e. The SMILES string of the molecule is COc1cc(SC)ccc1C(=O)OCC(=O)Nc1cc(S(C)(=O)=O)ccc1Cl. The second-order valence-corrected chi connectivity index (χ2v) is 8.91. The molecule has 150 valence electrons. The van der Waals surface area contributed by atoms with Crippen molar-refractivity contribution < 1.29 is 27.5 Å². The highest BCUT2D eigenvalue weighted by atomic mass is 35.5. The fraction of sp³-hybridized carbons (Fsp3) is 0.222. The number of halogens is 1. The molecular weight excluding hydrogens is 426 g/mol. The topological polar surface area (TPSA) is 98.8 Å². The number of rotatable bonds is 7. The van der Waals surface area contributed by atoms with Gasteiger partial charge in [0.05, 0.1) is 22.7 Å². The molecule has 2 aromatic carbocycles. The van der Waals surface area contributed by atoms with Crippen LogP contribution in [0, 0.1) is 0 Å². The summed E-state index contributed by atoms with van der Waals surface area (Å²) in [6, 6.07) is 8.91. The van der Waals surface area contributed by atoms with Crippen molar-refractivity contribution in [2.45, 2.75) is 9.79 Å². The van der Waals surface area contributed by atoms with Gasteiger partial charge in [-0.05, 0) is 42.7 Å². The summed E-state index contributed by atoms with van der Waals surface area (Å²) in [5.74, 6) is -1.06. The summed E-state index contributed by atoms with van der Waals surface area (Å²) in [6.45, 7) is -0.578. The van der Waals surface area contributed by atoms with E-state index in [4.69, 9.17) is 21.1 Å². The summed E-state index contributed by atoms with van der Waals surface area (Å²) in [7, 11) is -2.03. The molecule has 0 aliphatic carbocycles. The van der Waals surface area contributed by atoms with Gasteiger partial charge in [0.25, 0.3) is 5.91 Å². The summed E-state index contributed by atoms with van der Waals surface area (Å²) >= 11 is 7.47. The van der Waals surface area contributed by atoms with Crippen molar-refractivity contribution in [2.75, 3.05) is 31.5 Å². The quantitative estimate of drug-likeness (QED) is 0.517. The van der Waals surface area contributed by atoms with Crippen LogP contribution in [0.1, 0.15) is 10.4 Å². The minimum absolute atomic E-state index is 0.00261. The van der Waals surface area contributed by atoms with Gasteiger partial charge in [0.15, 0.2) is 16.4 Å². The number of benzene rings is 2. The number of ether oxygens (including phenoxy) is 2. The second kappa shape index (κ2) is 9.31. The molecule has 0 aliphatic rings. The van der Waals surface area contributed by atoms with Crippen LogP contribution in [0.3, 0.4) is 0 Å². The highest BCUT2D eigenvalue weighted by Crippen LogP contribution is 2.27. The minimum atomic E-state index is -3.46. The van der Waals surface area contributed by atoms with Crippen LogP contribution >= 0.6 is 23.4 Å². The van der Waals surface area contributed by atoms with Crippen molar-refractivity contribution in [3.05, 3.63) is 47.0 Å². The van der Waals surface area contributed by atoms with E-state index in [0.717, 1.165) is 11.2 Å². The average molecular weight is 444 g/mol. The third kappa shape index (κ3) is 5.63. The van der Waals surface area contributed by atoms with Crippen LogP contribution in [-0.4, -0.2) is 46.5 Å². The van der Waals surface area contributed by atoms with Crippen LogP contribution < -0.4 is 10.1 Å². The standard InChI is InChI=1S/C18H18ClNO6S2/c1-25-16-8-11(27-2)4-6-13(16)18(22)26-10-17(21)20-15-9-12(28(3,23)24)5-7-14(15)19/h4-9H,10H2,1-3H3,(H,20,21). The molecule has 28 heavy (non-hydrogen) atoms. The first-order valence-corrected chi connectivity index (χ1v) is 11.3. The van der Waals surface area contributed by atoms with E-state index >= 15 is 0 Å². The summed E-state index contributed by atoms with van der Waals surface area (Å²) in [5.41, 5.74) is 0.290. The zero-order valence-electron chi connectivity index (χ0n) is 15.3. The third-order valence-corrected chi connectivity index (χ3v) is 5.77. The number of esters is 1. The molecule has 0 radical (unpaired) electrons. The van der Waals surface area contributed by atoms with E-state index in [1.165, 1.54) is 37.1 Å². The van der Waals surface area contributed by atoms with Gasteiger partial charge in [-0.1, -0.05) is 11.6 Å². The molecule has 0 aromatic heterocycles. The van der Waals surface area contributed by atoms with Crippen LogP contribution in [-0.2, 0) is 19.4 Å². The summed E-state index contributed by atoms with van der Waals surface area (Å²) < 4.78 is 33.4. The molecule has 0 saturated carbocycles. The number of nitrogens with one attached hydrogen (secondary N) is 1. The van der Waals surface area contributed by atoms with Gasteiger partial charge in [0.2, 0.25) is 0 Å². The Hall–Kier alpha value is -2.23. The fourth-order valence-electron chi connectivity index (χ4n) is 2.19. The van der Waals surface area contributed by atoms with E-state index in [1.54, 1.807) is 18.2 Å². The van der Waals surface area contributed by atoms with E-state index in [9.17, 15) is 18.0 Å². The smallest absolute Gasteiger partial charge is 0.342 e. The Balaban J connectivity index is 2.06. The first-order chi connectivity index (χ1) is 13.2. The monoisotopic (exact) mass is 443 g/mol. The molecule has 0 atom stereocenters. The number of thioether (sulfide) groups is 1. The molecule has 0 aliphatic heterocycles. The molecule has 0 fully saturated rings. The first kappa shape index (κ1) is 22.1. The number of carbonyl (C=O) groups excluding carboxylic acids is 2. The maximum absolute atomic E-state index is 12.2. The van der Waals surface area contributed by atoms with Crippen LogP contribution in [0.15, 0.2) is 46.2 Å². The highest BCUT2D eigenvalue weighted by molar-refractivity contribution is 7.98. The Morgan fingerprint density at radius 1 is 1.18 bits per heavy atom. The van der Waals surface area contributed by atoms with Crippen molar-refractivity contribution in [3.8, 4) is 5.75 Å². The summed E-state index contributed by atoms with van der Waals surface area (Å²) in [5, 5.41) is 2.58. The predicted octanol–water partition coefficient (Wildman–Crippen LogP) is 3.27. The van der Waals surface area contributed by atoms with Gasteiger partial charge in [0.1, 0.15) is 11.3 Å². The summed E-state index contributed by atoms with van der Waals surface area (Å²) in [4.78, 5) is 25.2. The van der Waals surface area contributed by atoms with Gasteiger partial charge in [0, 0.05) is 11.2 Å². The average Bonchev–Trinajstić information content (AvgIpc) is 2.66. The highest BCUT2D eigenvalue weighted by Gasteiger charge is 2.17. The van der Waals surface area contributed by atoms with Crippen molar-refractivity contribution >= 4 is 50.8 Å². The maximum Gasteiger partial charge on any atom is 0.342 e. The molecule has 0 saturated heterocycles. The number of anilines is 1. The zero-order chi connectivity index (χ0) is 20.9. The van der Waals surface area contributed by atoms with Crippen molar-refractivity contribution in [2.24, 2.45) is 0 Å². The lowest BCUT2D eigenvalue weighted by atomic mass is 10.2. The fourth-order valence-corrected chi connectivity index (χ4v) is 3.43. The van der Waals surface area contributed by atoms with E-state index in [2.05, 4.69) is 5.32 Å². The molecule has 7 nitrogen and oxygen atoms in total. The van der Waals surface area contributed by atoms with E-state index < -0.39 is 28.3 Å². The Morgan fingerprint density at radius 2 is 1.89 bits per heavy atom. The molecular formula is C18H18ClNO6S2. The Morgan fingerprint density at radius 3 is 2.50 bits per heavy atom. The van der Waals surface area contributed by atoms with Crippen molar-refractivity contribution in [3.63, 3.8) is 0 Å². The lowest BCUT2D eigenvalue weighted by Crippen LogP contribution is -2.21. The van der Waals surface area contributed by atoms with Gasteiger partial charge < -0.3 is 14.8 Å². The molecule has 1 amide bonds. The van der Waals surface area contributed by atoms with E-state index in [1.807, 2.05) is 6.26 Å². The molecule has 10 heteroatoms.